The van der Waals surface area contributed by atoms with Crippen LogP contribution in [0.5, 0.6) is 0 Å². The predicted octanol–water partition coefficient (Wildman–Crippen LogP) is 21.5. The van der Waals surface area contributed by atoms with Gasteiger partial charge in [-0.15, -0.1) is 0 Å². The third-order valence-electron chi connectivity index (χ3n) is 15.6. The number of phosphoric acid groups is 1. The van der Waals surface area contributed by atoms with Gasteiger partial charge in [-0.3, -0.25) is 23.4 Å². The summed E-state index contributed by atoms with van der Waals surface area (Å²) in [5.74, 6) is -1.45. The Morgan fingerprint density at radius 2 is 0.598 bits per heavy atom. The molecule has 0 aromatic heterocycles. The first-order valence-electron chi connectivity index (χ1n) is 34.9. The highest BCUT2D eigenvalue weighted by atomic mass is 31.2. The van der Waals surface area contributed by atoms with E-state index in [0.717, 1.165) is 89.9 Å². The van der Waals surface area contributed by atoms with E-state index in [0.29, 0.717) is 19.3 Å². The number of carbonyl (C=O) groups excluding carboxylic acids is 3. The van der Waals surface area contributed by atoms with Crippen LogP contribution in [0.3, 0.4) is 0 Å². The molecule has 3 atom stereocenters. The van der Waals surface area contributed by atoms with E-state index >= 15 is 0 Å². The Morgan fingerprint density at radius 1 is 0.341 bits per heavy atom. The van der Waals surface area contributed by atoms with Gasteiger partial charge in [-0.2, -0.15) is 0 Å². The van der Waals surface area contributed by atoms with Crippen LogP contribution < -0.4 is 0 Å². The van der Waals surface area contributed by atoms with Crippen molar-refractivity contribution in [2.24, 2.45) is 0 Å². The number of aliphatic hydroxyl groups excluding tert-OH is 1. The summed E-state index contributed by atoms with van der Waals surface area (Å²) in [5.41, 5.74) is 0. The minimum atomic E-state index is -4.75. The van der Waals surface area contributed by atoms with Crippen LogP contribution in [0.4, 0.5) is 0 Å². The van der Waals surface area contributed by atoms with Crippen molar-refractivity contribution >= 4 is 25.7 Å². The average Bonchev–Trinajstić information content (AvgIpc) is 3.50. The van der Waals surface area contributed by atoms with Gasteiger partial charge in [0.05, 0.1) is 19.8 Å². The van der Waals surface area contributed by atoms with Crippen molar-refractivity contribution in [1.82, 2.24) is 0 Å². The van der Waals surface area contributed by atoms with E-state index in [1.807, 2.05) is 0 Å². The highest BCUT2D eigenvalue weighted by Gasteiger charge is 2.28. The lowest BCUT2D eigenvalue weighted by atomic mass is 10.0. The Balaban J connectivity index is 4.66. The van der Waals surface area contributed by atoms with Gasteiger partial charge < -0.3 is 24.2 Å². The summed E-state index contributed by atoms with van der Waals surface area (Å²) in [6.45, 7) is 4.70. The molecule has 0 aliphatic carbocycles. The monoisotopic (exact) mass is 1180 g/mol. The van der Waals surface area contributed by atoms with Gasteiger partial charge in [-0.1, -0.05) is 314 Å². The Morgan fingerprint density at radius 3 is 0.939 bits per heavy atom. The number of ether oxygens (including phenoxy) is 3. The quantitative estimate of drug-likeness (QED) is 0.0197. The van der Waals surface area contributed by atoms with Crippen molar-refractivity contribution in [1.29, 1.82) is 0 Å². The SMILES string of the molecule is CCCCC/C=C\C/C=C\C/C=C\CCCCCCCCC(=O)OC(COC(=O)CCCCCCCCCCCCCCCCCCCCC)COP(=O)(O)OCC(CO)OC(=O)CCCCCCCCCCCCCCCCCCC. The third kappa shape index (κ3) is 62.2. The smallest absolute Gasteiger partial charge is 0.462 e. The molecular weight excluding hydrogens is 1050 g/mol. The largest absolute Gasteiger partial charge is 0.472 e. The highest BCUT2D eigenvalue weighted by molar-refractivity contribution is 7.47. The first-order valence-corrected chi connectivity index (χ1v) is 36.4. The lowest BCUT2D eigenvalue weighted by Crippen LogP contribution is -2.30. The molecule has 0 aromatic rings. The molecule has 0 radical (unpaired) electrons. The van der Waals surface area contributed by atoms with E-state index in [-0.39, 0.29) is 25.9 Å². The van der Waals surface area contributed by atoms with Gasteiger partial charge in [-0.05, 0) is 57.8 Å². The van der Waals surface area contributed by atoms with Gasteiger partial charge in [0.15, 0.2) is 6.10 Å². The minimum absolute atomic E-state index is 0.158. The van der Waals surface area contributed by atoms with Crippen LogP contribution >= 0.6 is 7.82 Å². The van der Waals surface area contributed by atoms with Gasteiger partial charge in [-0.25, -0.2) is 4.57 Å². The van der Waals surface area contributed by atoms with Crippen LogP contribution in [0.15, 0.2) is 36.5 Å². The zero-order valence-corrected chi connectivity index (χ0v) is 54.6. The number of allylic oxidation sites excluding steroid dienone is 6. The van der Waals surface area contributed by atoms with Crippen LogP contribution in [0.2, 0.25) is 0 Å². The van der Waals surface area contributed by atoms with Crippen molar-refractivity contribution in [2.75, 3.05) is 26.4 Å². The molecule has 482 valence electrons. The normalized spacial score (nSPS) is 13.4. The van der Waals surface area contributed by atoms with E-state index < -0.39 is 57.8 Å². The summed E-state index contributed by atoms with van der Waals surface area (Å²) in [7, 11) is -4.75. The molecule has 3 unspecified atom stereocenters. The van der Waals surface area contributed by atoms with E-state index in [1.54, 1.807) is 0 Å². The molecule has 82 heavy (non-hydrogen) atoms. The first-order chi connectivity index (χ1) is 40.2. The van der Waals surface area contributed by atoms with Crippen LogP contribution in [-0.4, -0.2) is 66.5 Å². The van der Waals surface area contributed by atoms with Gasteiger partial charge >= 0.3 is 25.7 Å². The number of rotatable bonds is 66. The fraction of sp³-hybridized carbons (Fsp3) is 0.871. The Hall–Kier alpha value is -2.30. The second kappa shape index (κ2) is 64.7. The van der Waals surface area contributed by atoms with E-state index in [4.69, 9.17) is 23.3 Å². The summed E-state index contributed by atoms with van der Waals surface area (Å²) >= 11 is 0. The predicted molar refractivity (Wildman–Crippen MR) is 344 cm³/mol. The lowest BCUT2D eigenvalue weighted by molar-refractivity contribution is -0.161. The maximum absolute atomic E-state index is 13.0. The Labute approximate surface area is 505 Å². The van der Waals surface area contributed by atoms with Crippen molar-refractivity contribution in [3.05, 3.63) is 36.5 Å². The van der Waals surface area contributed by atoms with E-state index in [1.165, 1.54) is 205 Å². The number of carbonyl (C=O) groups is 3. The topological polar surface area (TPSA) is 155 Å². The molecule has 0 saturated heterocycles. The second-order valence-electron chi connectivity index (χ2n) is 23.7. The van der Waals surface area contributed by atoms with Crippen LogP contribution in [0, 0.1) is 0 Å². The average molecular weight is 1180 g/mol. The minimum Gasteiger partial charge on any atom is -0.462 e. The lowest BCUT2D eigenvalue weighted by Gasteiger charge is -2.21. The zero-order valence-electron chi connectivity index (χ0n) is 53.7. The molecule has 0 aromatic carbocycles. The number of phosphoric ester groups is 1. The number of aliphatic hydroxyl groups is 1. The molecule has 0 spiro atoms. The third-order valence-corrected chi connectivity index (χ3v) is 16.5. The number of hydrogen-bond acceptors (Lipinski definition) is 10. The van der Waals surface area contributed by atoms with Crippen LogP contribution in [0.25, 0.3) is 0 Å². The summed E-state index contributed by atoms with van der Waals surface area (Å²) in [6, 6.07) is 0. The maximum atomic E-state index is 13.0. The van der Waals surface area contributed by atoms with Gasteiger partial charge in [0.2, 0.25) is 0 Å². The second-order valence-corrected chi connectivity index (χ2v) is 25.2. The van der Waals surface area contributed by atoms with Gasteiger partial charge in [0.25, 0.3) is 0 Å². The Kier molecular flexibility index (Phi) is 62.9. The fourth-order valence-electron chi connectivity index (χ4n) is 10.3. The molecule has 0 aliphatic heterocycles. The summed E-state index contributed by atoms with van der Waals surface area (Å²) in [6.07, 6.45) is 70.9. The molecule has 0 saturated carbocycles. The summed E-state index contributed by atoms with van der Waals surface area (Å²) in [4.78, 5) is 48.9. The molecule has 2 N–H and O–H groups in total. The van der Waals surface area contributed by atoms with Crippen molar-refractivity contribution in [3.8, 4) is 0 Å². The Bertz CT molecular complexity index is 1520. The van der Waals surface area contributed by atoms with E-state index in [9.17, 15) is 28.9 Å². The molecule has 11 nitrogen and oxygen atoms in total. The van der Waals surface area contributed by atoms with Crippen molar-refractivity contribution < 1.29 is 52.2 Å². The molecule has 0 rings (SSSR count). The van der Waals surface area contributed by atoms with Crippen LogP contribution in [-0.2, 0) is 42.2 Å². The zero-order chi connectivity index (χ0) is 59.8. The molecular formula is C70H131O11P. The molecule has 0 heterocycles. The standard InChI is InChI=1S/C70H131O11P/c1-4-7-10-13-16-19-22-25-28-31-33-36-38-41-44-47-50-53-56-59-68(72)77-63-67(81-70(74)61-58-55-52-49-46-43-40-37-34-32-29-26-23-20-17-14-11-8-5-2)65-79-82(75,76)78-64-66(62-71)80-69(73)60-57-54-51-48-45-42-39-35-30-27-24-21-18-15-12-9-6-3/h17,20,26,29,34,37,66-67,71H,4-16,18-19,21-25,27-28,30-33,35-36,38-65H2,1-3H3,(H,75,76)/b20-17-,29-26-,37-34-. The highest BCUT2D eigenvalue weighted by Crippen LogP contribution is 2.43. The van der Waals surface area contributed by atoms with Crippen LogP contribution in [0.1, 0.15) is 355 Å². The molecule has 0 fully saturated rings. The molecule has 0 amide bonds. The molecule has 0 aliphatic rings. The van der Waals surface area contributed by atoms with E-state index in [2.05, 4.69) is 57.2 Å². The summed E-state index contributed by atoms with van der Waals surface area (Å²) in [5, 5.41) is 9.88. The molecule has 0 bridgehead atoms. The van der Waals surface area contributed by atoms with Crippen molar-refractivity contribution in [2.45, 2.75) is 367 Å². The molecule has 12 heteroatoms. The fourth-order valence-corrected chi connectivity index (χ4v) is 11.0. The maximum Gasteiger partial charge on any atom is 0.472 e. The van der Waals surface area contributed by atoms with Gasteiger partial charge in [0.1, 0.15) is 12.7 Å². The summed E-state index contributed by atoms with van der Waals surface area (Å²) < 4.78 is 39.8. The number of unbranched alkanes of at least 4 members (excludes halogenated alkanes) is 43. The first kappa shape index (κ1) is 79.7. The van der Waals surface area contributed by atoms with Crippen molar-refractivity contribution in [3.63, 3.8) is 0 Å². The number of esters is 3. The van der Waals surface area contributed by atoms with Gasteiger partial charge in [0, 0.05) is 19.3 Å². The number of hydrogen-bond donors (Lipinski definition) is 2.